The molecule has 3 N–H and O–H groups in total. The highest BCUT2D eigenvalue weighted by Crippen LogP contribution is 2.21. The first kappa shape index (κ1) is 15.2. The van der Waals surface area contributed by atoms with E-state index in [1.54, 1.807) is 25.3 Å². The summed E-state index contributed by atoms with van der Waals surface area (Å²) in [4.78, 5) is 12.2. The molecule has 1 amide bonds. The first-order chi connectivity index (χ1) is 10.0. The van der Waals surface area contributed by atoms with Gasteiger partial charge in [0.15, 0.2) is 0 Å². The van der Waals surface area contributed by atoms with Gasteiger partial charge in [0.25, 0.3) is 5.91 Å². The van der Waals surface area contributed by atoms with Gasteiger partial charge in [0.2, 0.25) is 0 Å². The van der Waals surface area contributed by atoms with Gasteiger partial charge < -0.3 is 15.8 Å². The minimum atomic E-state index is -0.200. The summed E-state index contributed by atoms with van der Waals surface area (Å²) in [5, 5.41) is 3.35. The van der Waals surface area contributed by atoms with Crippen LogP contribution >= 0.6 is 11.6 Å². The van der Waals surface area contributed by atoms with Crippen LogP contribution in [0, 0.1) is 0 Å². The predicted octanol–water partition coefficient (Wildman–Crippen LogP) is 3.42. The van der Waals surface area contributed by atoms with Crippen molar-refractivity contribution in [1.29, 1.82) is 0 Å². The van der Waals surface area contributed by atoms with E-state index < -0.39 is 0 Å². The molecule has 0 bridgehead atoms. The third kappa shape index (κ3) is 3.67. The third-order valence-electron chi connectivity index (χ3n) is 3.20. The van der Waals surface area contributed by atoms with E-state index in [0.717, 1.165) is 11.3 Å². The van der Waals surface area contributed by atoms with E-state index in [4.69, 9.17) is 22.1 Å². The second-order valence-electron chi connectivity index (χ2n) is 4.71. The van der Waals surface area contributed by atoms with Crippen molar-refractivity contribution in [3.05, 3.63) is 58.6 Å². The van der Waals surface area contributed by atoms with Crippen LogP contribution in [0.3, 0.4) is 0 Å². The molecule has 0 fully saturated rings. The van der Waals surface area contributed by atoms with Crippen LogP contribution in [0.15, 0.2) is 42.5 Å². The van der Waals surface area contributed by atoms with Gasteiger partial charge in [-0.15, -0.1) is 0 Å². The fourth-order valence-corrected chi connectivity index (χ4v) is 2.08. The lowest BCUT2D eigenvalue weighted by atomic mass is 10.1. The fraction of sp³-hybridized carbons (Fsp3) is 0.188. The summed E-state index contributed by atoms with van der Waals surface area (Å²) in [7, 11) is 1.61. The zero-order valence-corrected chi connectivity index (χ0v) is 12.6. The molecule has 1 atom stereocenters. The van der Waals surface area contributed by atoms with Gasteiger partial charge in [-0.2, -0.15) is 0 Å². The van der Waals surface area contributed by atoms with E-state index in [-0.39, 0.29) is 11.9 Å². The number of hydrogen-bond acceptors (Lipinski definition) is 3. The van der Waals surface area contributed by atoms with Crippen molar-refractivity contribution in [2.75, 3.05) is 12.8 Å². The Morgan fingerprint density at radius 1 is 1.29 bits per heavy atom. The summed E-state index contributed by atoms with van der Waals surface area (Å²) in [6.45, 7) is 1.91. The highest BCUT2D eigenvalue weighted by atomic mass is 35.5. The van der Waals surface area contributed by atoms with E-state index in [0.29, 0.717) is 16.3 Å². The number of anilines is 1. The third-order valence-corrected chi connectivity index (χ3v) is 3.54. The predicted molar refractivity (Wildman–Crippen MR) is 84.7 cm³/mol. The van der Waals surface area contributed by atoms with Gasteiger partial charge in [-0.05, 0) is 42.8 Å². The molecule has 2 rings (SSSR count). The number of carbonyl (C=O) groups is 1. The van der Waals surface area contributed by atoms with Crippen LogP contribution in [-0.2, 0) is 0 Å². The summed E-state index contributed by atoms with van der Waals surface area (Å²) in [5.74, 6) is 0.554. The molecule has 0 saturated heterocycles. The van der Waals surface area contributed by atoms with E-state index in [2.05, 4.69) is 5.32 Å². The number of methoxy groups -OCH3 is 1. The van der Waals surface area contributed by atoms with Crippen LogP contribution in [0.4, 0.5) is 5.69 Å². The van der Waals surface area contributed by atoms with Crippen LogP contribution in [0.25, 0.3) is 0 Å². The maximum atomic E-state index is 12.2. The highest BCUT2D eigenvalue weighted by Gasteiger charge is 2.13. The molecule has 0 aliphatic heterocycles. The van der Waals surface area contributed by atoms with Crippen LogP contribution in [0.5, 0.6) is 5.75 Å². The Morgan fingerprint density at radius 2 is 2.05 bits per heavy atom. The van der Waals surface area contributed by atoms with Crippen molar-refractivity contribution in [3.8, 4) is 5.75 Å². The maximum Gasteiger partial charge on any atom is 0.251 e. The molecule has 0 radical (unpaired) electrons. The molecule has 0 saturated carbocycles. The molecular formula is C16H17ClN2O2. The summed E-state index contributed by atoms with van der Waals surface area (Å²) in [5.41, 5.74) is 7.54. The molecule has 5 heteroatoms. The zero-order valence-electron chi connectivity index (χ0n) is 11.9. The number of nitrogens with two attached hydrogens (primary N) is 1. The lowest BCUT2D eigenvalue weighted by Gasteiger charge is -2.15. The standard InChI is InChI=1S/C16H17ClN2O2/c1-10(11-4-3-5-13(8-11)21-2)19-16(20)12-6-7-14(17)15(18)9-12/h3-10H,18H2,1-2H3,(H,19,20)/t10-/m1/s1. The van der Waals surface area contributed by atoms with Gasteiger partial charge in [0, 0.05) is 5.56 Å². The topological polar surface area (TPSA) is 64.3 Å². The lowest BCUT2D eigenvalue weighted by Crippen LogP contribution is -2.26. The molecule has 0 aromatic heterocycles. The number of amides is 1. The Kier molecular flexibility index (Phi) is 4.70. The smallest absolute Gasteiger partial charge is 0.251 e. The monoisotopic (exact) mass is 304 g/mol. The number of ether oxygens (including phenoxy) is 1. The number of carbonyl (C=O) groups excluding carboxylic acids is 1. The molecule has 0 aliphatic rings. The first-order valence-electron chi connectivity index (χ1n) is 6.51. The largest absolute Gasteiger partial charge is 0.497 e. The lowest BCUT2D eigenvalue weighted by molar-refractivity contribution is 0.0940. The molecule has 0 heterocycles. The number of rotatable bonds is 4. The number of benzene rings is 2. The molecule has 2 aromatic carbocycles. The summed E-state index contributed by atoms with van der Waals surface area (Å²) in [6, 6.07) is 12.2. The Balaban J connectivity index is 2.12. The van der Waals surface area contributed by atoms with Crippen molar-refractivity contribution in [1.82, 2.24) is 5.32 Å². The number of nitrogens with one attached hydrogen (secondary N) is 1. The SMILES string of the molecule is COc1cccc([C@@H](C)NC(=O)c2ccc(Cl)c(N)c2)c1. The molecule has 110 valence electrons. The van der Waals surface area contributed by atoms with E-state index >= 15 is 0 Å². The number of nitrogen functional groups attached to an aromatic ring is 1. The quantitative estimate of drug-likeness (QED) is 0.851. The van der Waals surface area contributed by atoms with Crippen molar-refractivity contribution in [2.45, 2.75) is 13.0 Å². The van der Waals surface area contributed by atoms with Crippen LogP contribution in [0.2, 0.25) is 5.02 Å². The van der Waals surface area contributed by atoms with Gasteiger partial charge in [-0.1, -0.05) is 23.7 Å². The maximum absolute atomic E-state index is 12.2. The second-order valence-corrected chi connectivity index (χ2v) is 5.12. The summed E-state index contributed by atoms with van der Waals surface area (Å²) >= 11 is 5.85. The van der Waals surface area contributed by atoms with Crippen molar-refractivity contribution in [3.63, 3.8) is 0 Å². The molecule has 0 spiro atoms. The van der Waals surface area contributed by atoms with Crippen molar-refractivity contribution < 1.29 is 9.53 Å². The average molecular weight is 305 g/mol. The Bertz CT molecular complexity index is 658. The minimum absolute atomic E-state index is 0.149. The number of hydrogen-bond donors (Lipinski definition) is 2. The van der Waals surface area contributed by atoms with Gasteiger partial charge in [-0.3, -0.25) is 4.79 Å². The normalized spacial score (nSPS) is 11.8. The van der Waals surface area contributed by atoms with Crippen molar-refractivity contribution >= 4 is 23.2 Å². The molecule has 0 aliphatic carbocycles. The first-order valence-corrected chi connectivity index (χ1v) is 6.89. The van der Waals surface area contributed by atoms with E-state index in [1.807, 2.05) is 31.2 Å². The molecule has 21 heavy (non-hydrogen) atoms. The number of halogens is 1. The van der Waals surface area contributed by atoms with Gasteiger partial charge >= 0.3 is 0 Å². The highest BCUT2D eigenvalue weighted by molar-refractivity contribution is 6.33. The fourth-order valence-electron chi connectivity index (χ4n) is 1.96. The van der Waals surface area contributed by atoms with E-state index in [9.17, 15) is 4.79 Å². The minimum Gasteiger partial charge on any atom is -0.497 e. The zero-order chi connectivity index (χ0) is 15.4. The van der Waals surface area contributed by atoms with E-state index in [1.165, 1.54) is 0 Å². The van der Waals surface area contributed by atoms with Gasteiger partial charge in [0.1, 0.15) is 5.75 Å². The summed E-state index contributed by atoms with van der Waals surface area (Å²) in [6.07, 6.45) is 0. The molecule has 0 unspecified atom stereocenters. The molecule has 2 aromatic rings. The Labute approximate surface area is 128 Å². The van der Waals surface area contributed by atoms with Crippen molar-refractivity contribution in [2.24, 2.45) is 0 Å². The Morgan fingerprint density at radius 3 is 2.71 bits per heavy atom. The van der Waals surface area contributed by atoms with Crippen LogP contribution in [-0.4, -0.2) is 13.0 Å². The van der Waals surface area contributed by atoms with Gasteiger partial charge in [0.05, 0.1) is 23.9 Å². The van der Waals surface area contributed by atoms with Crippen LogP contribution < -0.4 is 15.8 Å². The molecular weight excluding hydrogens is 288 g/mol. The van der Waals surface area contributed by atoms with Gasteiger partial charge in [-0.25, -0.2) is 0 Å². The summed E-state index contributed by atoms with van der Waals surface area (Å²) < 4.78 is 5.18. The average Bonchev–Trinajstić information content (AvgIpc) is 2.49. The second kappa shape index (κ2) is 6.50. The molecule has 4 nitrogen and oxygen atoms in total. The Hall–Kier alpha value is -2.20. The van der Waals surface area contributed by atoms with Crippen LogP contribution in [0.1, 0.15) is 28.9 Å².